The molecule has 0 amide bonds. The Hall–Kier alpha value is -1.25. The Morgan fingerprint density at radius 2 is 1.60 bits per heavy atom. The number of benzene rings is 2. The molecule has 1 saturated carbocycles. The lowest BCUT2D eigenvalue weighted by atomic mass is 9.90. The van der Waals surface area contributed by atoms with Crippen molar-refractivity contribution in [2.45, 2.75) is 41.9 Å². The van der Waals surface area contributed by atoms with Gasteiger partial charge in [0, 0.05) is 4.90 Å². The molecule has 1 fully saturated rings. The molecule has 1 unspecified atom stereocenters. The van der Waals surface area contributed by atoms with Gasteiger partial charge in [-0.3, -0.25) is 0 Å². The maximum absolute atomic E-state index is 11.1. The lowest BCUT2D eigenvalue weighted by Gasteiger charge is -2.33. The third kappa shape index (κ3) is 2.38. The summed E-state index contributed by atoms with van der Waals surface area (Å²) >= 11 is 1.81. The fraction of sp³-hybridized carbons (Fsp3) is 0.333. The summed E-state index contributed by atoms with van der Waals surface area (Å²) in [5, 5.41) is 11.1. The SMILES string of the molecule is Cc1ccc(C(C)(O)C2(Sc3ccccc3)CC2)cc1. The van der Waals surface area contributed by atoms with E-state index in [4.69, 9.17) is 0 Å². The topological polar surface area (TPSA) is 20.2 Å². The van der Waals surface area contributed by atoms with Gasteiger partial charge in [-0.05, 0) is 44.4 Å². The highest BCUT2D eigenvalue weighted by Crippen LogP contribution is 2.61. The van der Waals surface area contributed by atoms with Crippen LogP contribution in [0.2, 0.25) is 0 Å². The van der Waals surface area contributed by atoms with Crippen LogP contribution < -0.4 is 0 Å². The zero-order valence-electron chi connectivity index (χ0n) is 12.0. The molecule has 1 nitrogen and oxygen atoms in total. The van der Waals surface area contributed by atoms with E-state index in [1.54, 1.807) is 0 Å². The highest BCUT2D eigenvalue weighted by molar-refractivity contribution is 8.01. The van der Waals surface area contributed by atoms with E-state index in [2.05, 4.69) is 55.5 Å². The minimum absolute atomic E-state index is 0.0798. The van der Waals surface area contributed by atoms with E-state index in [0.717, 1.165) is 18.4 Å². The van der Waals surface area contributed by atoms with Crippen LogP contribution in [-0.2, 0) is 5.60 Å². The Labute approximate surface area is 125 Å². The van der Waals surface area contributed by atoms with Crippen LogP contribution >= 0.6 is 11.8 Å². The zero-order chi connectivity index (χ0) is 14.2. The molecular formula is C18H20OS. The third-order valence-electron chi connectivity index (χ3n) is 4.26. The van der Waals surface area contributed by atoms with Crippen LogP contribution in [0.5, 0.6) is 0 Å². The minimum Gasteiger partial charge on any atom is -0.384 e. The Morgan fingerprint density at radius 3 is 2.15 bits per heavy atom. The molecule has 0 aliphatic heterocycles. The fourth-order valence-corrected chi connectivity index (χ4v) is 4.02. The molecule has 0 spiro atoms. The van der Waals surface area contributed by atoms with Crippen LogP contribution in [0.3, 0.4) is 0 Å². The number of hydrogen-bond acceptors (Lipinski definition) is 2. The van der Waals surface area contributed by atoms with E-state index >= 15 is 0 Å². The number of hydrogen-bond donors (Lipinski definition) is 1. The normalized spacial score (nSPS) is 19.4. The lowest BCUT2D eigenvalue weighted by Crippen LogP contribution is -2.36. The van der Waals surface area contributed by atoms with Gasteiger partial charge in [-0.25, -0.2) is 0 Å². The van der Waals surface area contributed by atoms with E-state index in [9.17, 15) is 5.11 Å². The average molecular weight is 284 g/mol. The van der Waals surface area contributed by atoms with Crippen molar-refractivity contribution in [3.63, 3.8) is 0 Å². The van der Waals surface area contributed by atoms with Crippen LogP contribution in [0.25, 0.3) is 0 Å². The Morgan fingerprint density at radius 1 is 1.00 bits per heavy atom. The Kier molecular flexibility index (Phi) is 3.39. The second-order valence-corrected chi connectivity index (χ2v) is 7.30. The molecule has 2 heteroatoms. The number of aryl methyl sites for hydroxylation is 1. The number of rotatable bonds is 4. The minimum atomic E-state index is -0.790. The molecular weight excluding hydrogens is 264 g/mol. The monoisotopic (exact) mass is 284 g/mol. The van der Waals surface area contributed by atoms with Crippen molar-refractivity contribution < 1.29 is 5.11 Å². The summed E-state index contributed by atoms with van der Waals surface area (Å²) in [6.07, 6.45) is 2.13. The third-order valence-corrected chi connectivity index (χ3v) is 5.97. The van der Waals surface area contributed by atoms with Crippen LogP contribution in [-0.4, -0.2) is 9.85 Å². The first-order valence-electron chi connectivity index (χ1n) is 7.07. The summed E-state index contributed by atoms with van der Waals surface area (Å²) in [5.41, 5.74) is 1.45. The molecule has 1 aliphatic carbocycles. The van der Waals surface area contributed by atoms with Gasteiger partial charge in [-0.1, -0.05) is 48.0 Å². The second-order valence-electron chi connectivity index (χ2n) is 5.85. The summed E-state index contributed by atoms with van der Waals surface area (Å²) in [6, 6.07) is 18.6. The number of thioether (sulfide) groups is 1. The molecule has 0 saturated heterocycles. The predicted molar refractivity (Wildman–Crippen MR) is 85.0 cm³/mol. The summed E-state index contributed by atoms with van der Waals surface area (Å²) in [6.45, 7) is 4.03. The molecule has 0 bridgehead atoms. The van der Waals surface area contributed by atoms with Crippen molar-refractivity contribution in [1.29, 1.82) is 0 Å². The van der Waals surface area contributed by atoms with Crippen molar-refractivity contribution in [3.05, 3.63) is 65.7 Å². The largest absolute Gasteiger partial charge is 0.384 e. The molecule has 0 aromatic heterocycles. The zero-order valence-corrected chi connectivity index (χ0v) is 12.8. The standard InChI is InChI=1S/C18H20OS/c1-14-8-10-15(11-9-14)17(2,19)18(12-13-18)20-16-6-4-3-5-7-16/h3-11,19H,12-13H2,1-2H3. The second kappa shape index (κ2) is 4.94. The first-order valence-corrected chi connectivity index (χ1v) is 7.89. The summed E-state index contributed by atoms with van der Waals surface area (Å²) in [5.74, 6) is 0. The summed E-state index contributed by atoms with van der Waals surface area (Å²) < 4.78 is -0.0798. The molecule has 0 radical (unpaired) electrons. The molecule has 2 aromatic carbocycles. The first kappa shape index (κ1) is 13.7. The highest BCUT2D eigenvalue weighted by atomic mass is 32.2. The molecule has 1 atom stereocenters. The smallest absolute Gasteiger partial charge is 0.102 e. The average Bonchev–Trinajstić information content (AvgIpc) is 3.22. The highest BCUT2D eigenvalue weighted by Gasteiger charge is 2.57. The van der Waals surface area contributed by atoms with Crippen LogP contribution in [0, 0.1) is 6.92 Å². The van der Waals surface area contributed by atoms with Gasteiger partial charge < -0.3 is 5.11 Å². The summed E-state index contributed by atoms with van der Waals surface area (Å²) in [7, 11) is 0. The van der Waals surface area contributed by atoms with Gasteiger partial charge in [-0.2, -0.15) is 0 Å². The quantitative estimate of drug-likeness (QED) is 0.890. The fourth-order valence-electron chi connectivity index (χ4n) is 2.66. The van der Waals surface area contributed by atoms with Crippen molar-refractivity contribution in [1.82, 2.24) is 0 Å². The first-order chi connectivity index (χ1) is 9.53. The maximum Gasteiger partial charge on any atom is 0.102 e. The van der Waals surface area contributed by atoms with Gasteiger partial charge in [0.15, 0.2) is 0 Å². The van der Waals surface area contributed by atoms with Crippen LogP contribution in [0.1, 0.15) is 30.9 Å². The van der Waals surface area contributed by atoms with E-state index in [1.807, 2.05) is 24.8 Å². The van der Waals surface area contributed by atoms with Crippen molar-refractivity contribution in [2.75, 3.05) is 0 Å². The molecule has 0 heterocycles. The van der Waals surface area contributed by atoms with E-state index in [1.165, 1.54) is 10.5 Å². The van der Waals surface area contributed by atoms with Gasteiger partial charge in [0.2, 0.25) is 0 Å². The van der Waals surface area contributed by atoms with Crippen molar-refractivity contribution >= 4 is 11.8 Å². The van der Waals surface area contributed by atoms with E-state index in [-0.39, 0.29) is 4.75 Å². The van der Waals surface area contributed by atoms with Gasteiger partial charge in [0.05, 0.1) is 4.75 Å². The molecule has 2 aromatic rings. The number of aliphatic hydroxyl groups is 1. The predicted octanol–water partition coefficient (Wildman–Crippen LogP) is 4.53. The summed E-state index contributed by atoms with van der Waals surface area (Å²) in [4.78, 5) is 1.23. The van der Waals surface area contributed by atoms with Crippen molar-refractivity contribution in [3.8, 4) is 0 Å². The molecule has 104 valence electrons. The van der Waals surface area contributed by atoms with Crippen molar-refractivity contribution in [2.24, 2.45) is 0 Å². The molecule has 1 aliphatic rings. The Bertz CT molecular complexity index is 583. The van der Waals surface area contributed by atoms with Crippen LogP contribution in [0.4, 0.5) is 0 Å². The van der Waals surface area contributed by atoms with Gasteiger partial charge >= 0.3 is 0 Å². The maximum atomic E-state index is 11.1. The molecule has 1 N–H and O–H groups in total. The molecule has 20 heavy (non-hydrogen) atoms. The van der Waals surface area contributed by atoms with Gasteiger partial charge in [0.25, 0.3) is 0 Å². The van der Waals surface area contributed by atoms with Gasteiger partial charge in [-0.15, -0.1) is 11.8 Å². The van der Waals surface area contributed by atoms with Gasteiger partial charge in [0.1, 0.15) is 5.60 Å². The van der Waals surface area contributed by atoms with E-state index < -0.39 is 5.60 Å². The Balaban J connectivity index is 1.88. The van der Waals surface area contributed by atoms with E-state index in [0.29, 0.717) is 0 Å². The molecule has 3 rings (SSSR count). The van der Waals surface area contributed by atoms with Crippen LogP contribution in [0.15, 0.2) is 59.5 Å². The lowest BCUT2D eigenvalue weighted by molar-refractivity contribution is 0.0465.